The van der Waals surface area contributed by atoms with Gasteiger partial charge in [-0.05, 0) is 37.4 Å². The third-order valence-corrected chi connectivity index (χ3v) is 4.47. The molecule has 2 saturated heterocycles. The molecule has 0 spiro atoms. The Balaban J connectivity index is 0.00000144. The van der Waals surface area contributed by atoms with Crippen LogP contribution in [-0.4, -0.2) is 47.8 Å². The Labute approximate surface area is 131 Å². The van der Waals surface area contributed by atoms with Gasteiger partial charge in [-0.1, -0.05) is 30.7 Å². The van der Waals surface area contributed by atoms with Crippen LogP contribution in [-0.2, 0) is 0 Å². The molecule has 2 fully saturated rings. The van der Waals surface area contributed by atoms with E-state index in [0.717, 1.165) is 31.1 Å². The van der Waals surface area contributed by atoms with Gasteiger partial charge >= 0.3 is 6.01 Å². The van der Waals surface area contributed by atoms with Gasteiger partial charge < -0.3 is 14.2 Å². The summed E-state index contributed by atoms with van der Waals surface area (Å²) in [7, 11) is 0. The van der Waals surface area contributed by atoms with Crippen LogP contribution < -0.4 is 4.90 Å². The SMILES string of the molecule is C.c1ccc(-c2nnc(N3CCN4CCCC(C4)C3)o2)cc1. The molecule has 0 amide bonds. The van der Waals surface area contributed by atoms with Gasteiger partial charge in [0.05, 0.1) is 0 Å². The van der Waals surface area contributed by atoms with Gasteiger partial charge in [0.25, 0.3) is 0 Å². The number of benzene rings is 1. The number of aromatic nitrogens is 2. The second kappa shape index (κ2) is 6.48. The number of nitrogens with zero attached hydrogens (tertiary/aromatic N) is 4. The minimum absolute atomic E-state index is 0. The van der Waals surface area contributed by atoms with Gasteiger partial charge in [0.2, 0.25) is 5.89 Å². The Bertz CT molecular complexity index is 598. The highest BCUT2D eigenvalue weighted by Crippen LogP contribution is 2.26. The fourth-order valence-electron chi connectivity index (χ4n) is 3.38. The standard InChI is InChI=1S/C16H20N4O.CH4/c1-2-6-14(7-3-1)15-17-18-16(21-15)20-10-9-19-8-4-5-13(11-19)12-20;/h1-3,6-7,13H,4-5,8-12H2;1H4. The molecule has 2 aromatic rings. The topological polar surface area (TPSA) is 45.4 Å². The summed E-state index contributed by atoms with van der Waals surface area (Å²) in [6, 6.07) is 10.6. The van der Waals surface area contributed by atoms with Crippen LogP contribution in [0.2, 0.25) is 0 Å². The number of piperidine rings is 1. The molecular weight excluding hydrogens is 276 g/mol. The van der Waals surface area contributed by atoms with Crippen molar-refractivity contribution in [2.75, 3.05) is 37.6 Å². The van der Waals surface area contributed by atoms with Gasteiger partial charge in [-0.25, -0.2) is 0 Å². The van der Waals surface area contributed by atoms with E-state index in [-0.39, 0.29) is 7.43 Å². The largest absolute Gasteiger partial charge is 0.403 e. The van der Waals surface area contributed by atoms with E-state index in [4.69, 9.17) is 4.42 Å². The lowest BCUT2D eigenvalue weighted by Crippen LogP contribution is -2.35. The summed E-state index contributed by atoms with van der Waals surface area (Å²) in [6.45, 7) is 5.57. The highest BCUT2D eigenvalue weighted by molar-refractivity contribution is 5.53. The van der Waals surface area contributed by atoms with E-state index in [1.54, 1.807) is 0 Å². The molecule has 0 aliphatic carbocycles. The molecule has 1 aromatic heterocycles. The molecule has 22 heavy (non-hydrogen) atoms. The Morgan fingerprint density at radius 2 is 1.86 bits per heavy atom. The van der Waals surface area contributed by atoms with Crippen molar-refractivity contribution in [3.05, 3.63) is 30.3 Å². The van der Waals surface area contributed by atoms with Crippen LogP contribution in [0.25, 0.3) is 11.5 Å². The maximum Gasteiger partial charge on any atom is 0.318 e. The molecule has 4 rings (SSSR count). The number of fused-ring (bicyclic) bond motifs is 2. The summed E-state index contributed by atoms with van der Waals surface area (Å²) in [5.41, 5.74) is 0.980. The summed E-state index contributed by atoms with van der Waals surface area (Å²) < 4.78 is 5.90. The van der Waals surface area contributed by atoms with Gasteiger partial charge in [-0.2, -0.15) is 0 Å². The molecule has 0 radical (unpaired) electrons. The molecule has 1 aromatic carbocycles. The second-order valence-electron chi connectivity index (χ2n) is 6.01. The first-order valence-electron chi connectivity index (χ1n) is 7.75. The van der Waals surface area contributed by atoms with Crippen molar-refractivity contribution in [2.45, 2.75) is 20.3 Å². The molecule has 5 heteroatoms. The summed E-state index contributed by atoms with van der Waals surface area (Å²) in [4.78, 5) is 4.82. The molecule has 118 valence electrons. The van der Waals surface area contributed by atoms with Gasteiger partial charge in [0, 0.05) is 31.7 Å². The normalized spacial score (nSPS) is 24.5. The molecule has 5 nitrogen and oxygen atoms in total. The quantitative estimate of drug-likeness (QED) is 0.853. The smallest absolute Gasteiger partial charge is 0.318 e. The minimum atomic E-state index is 0. The van der Waals surface area contributed by atoms with Crippen LogP contribution in [0.4, 0.5) is 6.01 Å². The molecule has 2 atom stereocenters. The lowest BCUT2D eigenvalue weighted by molar-refractivity contribution is 0.200. The van der Waals surface area contributed by atoms with E-state index in [1.807, 2.05) is 30.3 Å². The van der Waals surface area contributed by atoms with Gasteiger partial charge in [-0.3, -0.25) is 0 Å². The molecular formula is C17H24N4O. The van der Waals surface area contributed by atoms with Crippen molar-refractivity contribution in [3.63, 3.8) is 0 Å². The van der Waals surface area contributed by atoms with Gasteiger partial charge in [0.1, 0.15) is 0 Å². The van der Waals surface area contributed by atoms with Crippen molar-refractivity contribution >= 4 is 6.01 Å². The van der Waals surface area contributed by atoms with Crippen molar-refractivity contribution in [1.82, 2.24) is 15.1 Å². The Morgan fingerprint density at radius 1 is 1.00 bits per heavy atom. The van der Waals surface area contributed by atoms with Crippen LogP contribution in [0.3, 0.4) is 0 Å². The Morgan fingerprint density at radius 3 is 2.73 bits per heavy atom. The first-order chi connectivity index (χ1) is 10.4. The predicted octanol–water partition coefficient (Wildman–Crippen LogP) is 2.90. The van der Waals surface area contributed by atoms with Crippen molar-refractivity contribution in [3.8, 4) is 11.5 Å². The molecule has 0 N–H and O–H groups in total. The summed E-state index contributed by atoms with van der Waals surface area (Å²) >= 11 is 0. The fraction of sp³-hybridized carbons (Fsp3) is 0.529. The van der Waals surface area contributed by atoms with Crippen molar-refractivity contribution < 1.29 is 4.42 Å². The molecule has 2 aliphatic heterocycles. The van der Waals surface area contributed by atoms with E-state index in [1.165, 1.54) is 25.9 Å². The van der Waals surface area contributed by atoms with E-state index >= 15 is 0 Å². The Kier molecular flexibility index (Phi) is 4.43. The third kappa shape index (κ3) is 2.99. The minimum Gasteiger partial charge on any atom is -0.403 e. The lowest BCUT2D eigenvalue weighted by Gasteiger charge is -2.29. The van der Waals surface area contributed by atoms with Crippen molar-refractivity contribution in [1.29, 1.82) is 0 Å². The predicted molar refractivity (Wildman–Crippen MR) is 87.8 cm³/mol. The van der Waals surface area contributed by atoms with E-state index < -0.39 is 0 Å². The zero-order valence-electron chi connectivity index (χ0n) is 12.1. The first kappa shape index (κ1) is 15.0. The van der Waals surface area contributed by atoms with E-state index in [9.17, 15) is 0 Å². The highest BCUT2D eigenvalue weighted by Gasteiger charge is 2.28. The van der Waals surface area contributed by atoms with Gasteiger partial charge in [0.15, 0.2) is 0 Å². The van der Waals surface area contributed by atoms with Crippen LogP contribution in [0.15, 0.2) is 34.7 Å². The second-order valence-corrected chi connectivity index (χ2v) is 6.01. The lowest BCUT2D eigenvalue weighted by atomic mass is 9.99. The average Bonchev–Trinajstić information content (AvgIpc) is 2.97. The number of anilines is 1. The molecule has 0 saturated carbocycles. The van der Waals surface area contributed by atoms with Crippen LogP contribution in [0, 0.1) is 5.92 Å². The van der Waals surface area contributed by atoms with Crippen LogP contribution in [0.1, 0.15) is 20.3 Å². The summed E-state index contributed by atoms with van der Waals surface area (Å²) in [5.74, 6) is 1.34. The number of hydrogen-bond donors (Lipinski definition) is 0. The summed E-state index contributed by atoms with van der Waals surface area (Å²) in [6.07, 6.45) is 2.63. The van der Waals surface area contributed by atoms with E-state index in [0.29, 0.717) is 11.9 Å². The zero-order valence-corrected chi connectivity index (χ0v) is 12.1. The maximum atomic E-state index is 5.90. The average molecular weight is 300 g/mol. The molecule has 2 unspecified atom stereocenters. The van der Waals surface area contributed by atoms with Crippen LogP contribution >= 0.6 is 0 Å². The first-order valence-corrected chi connectivity index (χ1v) is 7.75. The maximum absolute atomic E-state index is 5.90. The Hall–Kier alpha value is -1.88. The fourth-order valence-corrected chi connectivity index (χ4v) is 3.38. The highest BCUT2D eigenvalue weighted by atomic mass is 16.4. The van der Waals surface area contributed by atoms with E-state index in [2.05, 4.69) is 20.0 Å². The molecule has 3 heterocycles. The molecule has 2 aliphatic rings. The number of rotatable bonds is 2. The molecule has 2 bridgehead atoms. The van der Waals surface area contributed by atoms with Crippen molar-refractivity contribution in [2.24, 2.45) is 5.92 Å². The third-order valence-electron chi connectivity index (χ3n) is 4.47. The van der Waals surface area contributed by atoms with Crippen LogP contribution in [0.5, 0.6) is 0 Å². The summed E-state index contributed by atoms with van der Waals surface area (Å²) in [5, 5.41) is 8.47. The number of hydrogen-bond acceptors (Lipinski definition) is 5. The van der Waals surface area contributed by atoms with Gasteiger partial charge in [-0.15, -0.1) is 5.10 Å². The monoisotopic (exact) mass is 300 g/mol. The zero-order chi connectivity index (χ0) is 14.1.